The van der Waals surface area contributed by atoms with Crippen molar-refractivity contribution < 1.29 is 4.79 Å². The molecule has 1 heterocycles. The summed E-state index contributed by atoms with van der Waals surface area (Å²) in [5.41, 5.74) is 1.11. The van der Waals surface area contributed by atoms with Crippen LogP contribution in [0.25, 0.3) is 0 Å². The first-order valence-corrected chi connectivity index (χ1v) is 7.43. The standard InChI is InChI=1S/C14H20BrN3O/c1-11(18-7-5-16-6-8-18)14(19)17-10-12-3-2-4-13(15)9-12/h2-4,9,11,16H,5-8,10H2,1H3,(H,17,19). The third-order valence-electron chi connectivity index (χ3n) is 3.43. The van der Waals surface area contributed by atoms with Gasteiger partial charge in [-0.2, -0.15) is 0 Å². The number of carbonyl (C=O) groups is 1. The Bertz CT molecular complexity index is 432. The van der Waals surface area contributed by atoms with Gasteiger partial charge in [-0.3, -0.25) is 9.69 Å². The third kappa shape index (κ3) is 4.30. The largest absolute Gasteiger partial charge is 0.351 e. The van der Waals surface area contributed by atoms with Gasteiger partial charge in [-0.05, 0) is 24.6 Å². The van der Waals surface area contributed by atoms with Crippen LogP contribution in [0.4, 0.5) is 0 Å². The molecule has 5 heteroatoms. The maximum atomic E-state index is 12.1. The minimum atomic E-state index is -0.0609. The maximum absolute atomic E-state index is 12.1. The van der Waals surface area contributed by atoms with Gasteiger partial charge in [0, 0.05) is 37.2 Å². The van der Waals surface area contributed by atoms with Crippen molar-refractivity contribution in [2.24, 2.45) is 0 Å². The molecule has 1 amide bonds. The molecule has 1 aliphatic heterocycles. The molecule has 19 heavy (non-hydrogen) atoms. The highest BCUT2D eigenvalue weighted by atomic mass is 79.9. The summed E-state index contributed by atoms with van der Waals surface area (Å²) in [5, 5.41) is 6.30. The summed E-state index contributed by atoms with van der Waals surface area (Å²) < 4.78 is 1.04. The Morgan fingerprint density at radius 2 is 2.21 bits per heavy atom. The van der Waals surface area contributed by atoms with Gasteiger partial charge < -0.3 is 10.6 Å². The molecule has 0 bridgehead atoms. The van der Waals surface area contributed by atoms with Gasteiger partial charge in [0.05, 0.1) is 6.04 Å². The number of hydrogen-bond donors (Lipinski definition) is 2. The number of amides is 1. The molecule has 2 rings (SSSR count). The normalized spacial score (nSPS) is 18.0. The SMILES string of the molecule is CC(C(=O)NCc1cccc(Br)c1)N1CCNCC1. The van der Waals surface area contributed by atoms with E-state index in [1.54, 1.807) is 0 Å². The molecule has 0 radical (unpaired) electrons. The molecule has 0 saturated carbocycles. The van der Waals surface area contributed by atoms with E-state index in [0.29, 0.717) is 6.54 Å². The van der Waals surface area contributed by atoms with E-state index in [2.05, 4.69) is 31.5 Å². The van der Waals surface area contributed by atoms with Crippen molar-refractivity contribution in [2.45, 2.75) is 19.5 Å². The van der Waals surface area contributed by atoms with Crippen LogP contribution in [0.2, 0.25) is 0 Å². The summed E-state index contributed by atoms with van der Waals surface area (Å²) in [6, 6.07) is 7.94. The zero-order valence-corrected chi connectivity index (χ0v) is 12.7. The Morgan fingerprint density at radius 3 is 2.89 bits per heavy atom. The van der Waals surface area contributed by atoms with Gasteiger partial charge in [0.1, 0.15) is 0 Å². The first-order valence-electron chi connectivity index (χ1n) is 6.64. The highest BCUT2D eigenvalue weighted by Crippen LogP contribution is 2.11. The fourth-order valence-electron chi connectivity index (χ4n) is 2.22. The first kappa shape index (κ1) is 14.5. The Labute approximate surface area is 122 Å². The minimum absolute atomic E-state index is 0.0609. The first-order chi connectivity index (χ1) is 9.16. The quantitative estimate of drug-likeness (QED) is 0.878. The number of nitrogens with zero attached hydrogens (tertiary/aromatic N) is 1. The second-order valence-electron chi connectivity index (χ2n) is 4.81. The number of rotatable bonds is 4. The van der Waals surface area contributed by atoms with Crippen LogP contribution >= 0.6 is 15.9 Å². The molecule has 1 atom stereocenters. The number of halogens is 1. The molecule has 0 spiro atoms. The van der Waals surface area contributed by atoms with E-state index in [1.165, 1.54) is 0 Å². The van der Waals surface area contributed by atoms with Gasteiger partial charge in [0.15, 0.2) is 0 Å². The lowest BCUT2D eigenvalue weighted by atomic mass is 10.2. The van der Waals surface area contributed by atoms with E-state index in [-0.39, 0.29) is 11.9 Å². The molecule has 1 aromatic rings. The van der Waals surface area contributed by atoms with E-state index in [4.69, 9.17) is 0 Å². The topological polar surface area (TPSA) is 44.4 Å². The van der Waals surface area contributed by atoms with Gasteiger partial charge in [-0.25, -0.2) is 0 Å². The Morgan fingerprint density at radius 1 is 1.47 bits per heavy atom. The van der Waals surface area contributed by atoms with Gasteiger partial charge in [0.25, 0.3) is 0 Å². The molecule has 2 N–H and O–H groups in total. The van der Waals surface area contributed by atoms with E-state index >= 15 is 0 Å². The van der Waals surface area contributed by atoms with Crippen molar-refractivity contribution in [3.8, 4) is 0 Å². The number of benzene rings is 1. The highest BCUT2D eigenvalue weighted by Gasteiger charge is 2.22. The number of piperazine rings is 1. The van der Waals surface area contributed by atoms with Crippen LogP contribution in [-0.4, -0.2) is 43.0 Å². The van der Waals surface area contributed by atoms with Gasteiger partial charge in [0.2, 0.25) is 5.91 Å². The van der Waals surface area contributed by atoms with Gasteiger partial charge >= 0.3 is 0 Å². The third-order valence-corrected chi connectivity index (χ3v) is 3.93. The van der Waals surface area contributed by atoms with Crippen LogP contribution in [0.15, 0.2) is 28.7 Å². The van der Waals surface area contributed by atoms with Crippen LogP contribution in [0.3, 0.4) is 0 Å². The second-order valence-corrected chi connectivity index (χ2v) is 5.73. The van der Waals surface area contributed by atoms with Crippen molar-refractivity contribution in [1.82, 2.24) is 15.5 Å². The van der Waals surface area contributed by atoms with E-state index < -0.39 is 0 Å². The van der Waals surface area contributed by atoms with Crippen molar-refractivity contribution in [2.75, 3.05) is 26.2 Å². The average molecular weight is 326 g/mol. The lowest BCUT2D eigenvalue weighted by Crippen LogP contribution is -2.52. The fourth-order valence-corrected chi connectivity index (χ4v) is 2.67. The van der Waals surface area contributed by atoms with Crippen LogP contribution in [0.1, 0.15) is 12.5 Å². The number of nitrogens with one attached hydrogen (secondary N) is 2. The lowest BCUT2D eigenvalue weighted by molar-refractivity contribution is -0.126. The Hall–Kier alpha value is -0.910. The molecular weight excluding hydrogens is 306 g/mol. The maximum Gasteiger partial charge on any atom is 0.237 e. The predicted molar refractivity (Wildman–Crippen MR) is 79.9 cm³/mol. The molecule has 1 unspecified atom stereocenters. The van der Waals surface area contributed by atoms with Crippen molar-refractivity contribution in [1.29, 1.82) is 0 Å². The summed E-state index contributed by atoms with van der Waals surface area (Å²) in [6.07, 6.45) is 0. The van der Waals surface area contributed by atoms with Crippen molar-refractivity contribution in [3.05, 3.63) is 34.3 Å². The summed E-state index contributed by atoms with van der Waals surface area (Å²) in [5.74, 6) is 0.0990. The van der Waals surface area contributed by atoms with E-state index in [9.17, 15) is 4.79 Å². The van der Waals surface area contributed by atoms with Crippen LogP contribution < -0.4 is 10.6 Å². The van der Waals surface area contributed by atoms with Crippen LogP contribution in [0.5, 0.6) is 0 Å². The number of carbonyl (C=O) groups excluding carboxylic acids is 1. The minimum Gasteiger partial charge on any atom is -0.351 e. The molecule has 1 fully saturated rings. The molecule has 104 valence electrons. The average Bonchev–Trinajstić information content (AvgIpc) is 2.45. The molecule has 4 nitrogen and oxygen atoms in total. The van der Waals surface area contributed by atoms with Crippen molar-refractivity contribution >= 4 is 21.8 Å². The smallest absolute Gasteiger partial charge is 0.237 e. The molecule has 0 aromatic heterocycles. The highest BCUT2D eigenvalue weighted by molar-refractivity contribution is 9.10. The zero-order chi connectivity index (χ0) is 13.7. The Kier molecular flexibility index (Phi) is 5.36. The van der Waals surface area contributed by atoms with Crippen LogP contribution in [0, 0.1) is 0 Å². The molecule has 0 aliphatic carbocycles. The Balaban J connectivity index is 1.83. The number of hydrogen-bond acceptors (Lipinski definition) is 3. The fraction of sp³-hybridized carbons (Fsp3) is 0.500. The molecule has 1 aliphatic rings. The molecule has 1 saturated heterocycles. The molecular formula is C14H20BrN3O. The van der Waals surface area contributed by atoms with Gasteiger partial charge in [-0.1, -0.05) is 28.1 Å². The van der Waals surface area contributed by atoms with Crippen LogP contribution in [-0.2, 0) is 11.3 Å². The van der Waals surface area contributed by atoms with Gasteiger partial charge in [-0.15, -0.1) is 0 Å². The monoisotopic (exact) mass is 325 g/mol. The van der Waals surface area contributed by atoms with E-state index in [0.717, 1.165) is 36.2 Å². The summed E-state index contributed by atoms with van der Waals surface area (Å²) in [6.45, 7) is 6.35. The summed E-state index contributed by atoms with van der Waals surface area (Å²) in [4.78, 5) is 14.3. The summed E-state index contributed by atoms with van der Waals surface area (Å²) in [7, 11) is 0. The summed E-state index contributed by atoms with van der Waals surface area (Å²) >= 11 is 3.43. The lowest BCUT2D eigenvalue weighted by Gasteiger charge is -2.31. The second kappa shape index (κ2) is 7.03. The molecule has 1 aromatic carbocycles. The zero-order valence-electron chi connectivity index (χ0n) is 11.2. The van der Waals surface area contributed by atoms with E-state index in [1.807, 2.05) is 31.2 Å². The van der Waals surface area contributed by atoms with Crippen molar-refractivity contribution in [3.63, 3.8) is 0 Å². The predicted octanol–water partition coefficient (Wildman–Crippen LogP) is 1.36.